The molecule has 0 aliphatic heterocycles. The van der Waals surface area contributed by atoms with Crippen LogP contribution >= 0.6 is 0 Å². The van der Waals surface area contributed by atoms with Gasteiger partial charge in [-0.1, -0.05) is 54.6 Å². The number of fused-ring (bicyclic) bond motifs is 1. The summed E-state index contributed by atoms with van der Waals surface area (Å²) in [6.45, 7) is 0. The van der Waals surface area contributed by atoms with Crippen molar-refractivity contribution >= 4 is 10.8 Å². The van der Waals surface area contributed by atoms with Gasteiger partial charge < -0.3 is 11.5 Å². The summed E-state index contributed by atoms with van der Waals surface area (Å²) in [6.07, 6.45) is 5.22. The SMILES string of the molecule is NC1C([N+](=O)[O-])=CC=CC1(N)Cc1ccc2ccccc2c1. The fourth-order valence-electron chi connectivity index (χ4n) is 2.85. The van der Waals surface area contributed by atoms with Gasteiger partial charge in [0.2, 0.25) is 0 Å². The highest BCUT2D eigenvalue weighted by atomic mass is 16.6. The van der Waals surface area contributed by atoms with Gasteiger partial charge >= 0.3 is 0 Å². The summed E-state index contributed by atoms with van der Waals surface area (Å²) in [5.41, 5.74) is 12.4. The first-order chi connectivity index (χ1) is 10.5. The average molecular weight is 295 g/mol. The molecule has 5 heteroatoms. The number of hydrogen-bond donors (Lipinski definition) is 2. The first-order valence-electron chi connectivity index (χ1n) is 7.05. The van der Waals surface area contributed by atoms with Crippen molar-refractivity contribution in [3.8, 4) is 0 Å². The fourth-order valence-corrected chi connectivity index (χ4v) is 2.85. The Morgan fingerprint density at radius 3 is 2.64 bits per heavy atom. The zero-order valence-electron chi connectivity index (χ0n) is 12.0. The number of hydrogen-bond acceptors (Lipinski definition) is 4. The van der Waals surface area contributed by atoms with Crippen molar-refractivity contribution in [2.45, 2.75) is 18.0 Å². The van der Waals surface area contributed by atoms with Crippen LogP contribution in [-0.4, -0.2) is 16.5 Å². The van der Waals surface area contributed by atoms with Crippen molar-refractivity contribution in [3.05, 3.63) is 82.1 Å². The van der Waals surface area contributed by atoms with Gasteiger partial charge in [0.25, 0.3) is 5.70 Å². The van der Waals surface area contributed by atoms with Gasteiger partial charge in [-0.05, 0) is 22.8 Å². The first-order valence-corrected chi connectivity index (χ1v) is 7.05. The van der Waals surface area contributed by atoms with Crippen molar-refractivity contribution in [1.82, 2.24) is 0 Å². The van der Waals surface area contributed by atoms with Crippen molar-refractivity contribution in [2.24, 2.45) is 11.5 Å². The molecule has 3 rings (SSSR count). The third-order valence-corrected chi connectivity index (χ3v) is 4.11. The Balaban J connectivity index is 1.92. The van der Waals surface area contributed by atoms with Gasteiger partial charge in [-0.15, -0.1) is 0 Å². The molecule has 0 saturated heterocycles. The number of allylic oxidation sites excluding steroid dienone is 2. The van der Waals surface area contributed by atoms with Gasteiger partial charge in [0, 0.05) is 6.08 Å². The normalized spacial score (nSPS) is 24.3. The van der Waals surface area contributed by atoms with Crippen LogP contribution in [0.25, 0.3) is 10.8 Å². The quantitative estimate of drug-likeness (QED) is 0.670. The molecule has 2 unspecified atom stereocenters. The highest BCUT2D eigenvalue weighted by Crippen LogP contribution is 2.26. The lowest BCUT2D eigenvalue weighted by molar-refractivity contribution is -0.430. The third-order valence-electron chi connectivity index (χ3n) is 4.11. The van der Waals surface area contributed by atoms with Gasteiger partial charge in [-0.2, -0.15) is 0 Å². The number of rotatable bonds is 3. The molecule has 0 aromatic heterocycles. The van der Waals surface area contributed by atoms with Crippen LogP contribution in [0.3, 0.4) is 0 Å². The lowest BCUT2D eigenvalue weighted by Crippen LogP contribution is -2.58. The van der Waals surface area contributed by atoms with E-state index in [0.717, 1.165) is 16.3 Å². The van der Waals surface area contributed by atoms with Crippen LogP contribution in [0.5, 0.6) is 0 Å². The number of nitro groups is 1. The van der Waals surface area contributed by atoms with E-state index in [0.29, 0.717) is 6.42 Å². The van der Waals surface area contributed by atoms with Crippen molar-refractivity contribution in [3.63, 3.8) is 0 Å². The second-order valence-electron chi connectivity index (χ2n) is 5.66. The van der Waals surface area contributed by atoms with Crippen LogP contribution in [0.2, 0.25) is 0 Å². The number of nitrogens with two attached hydrogens (primary N) is 2. The van der Waals surface area contributed by atoms with E-state index in [4.69, 9.17) is 11.5 Å². The molecule has 0 heterocycles. The maximum Gasteiger partial charge on any atom is 0.265 e. The first kappa shape index (κ1) is 14.4. The molecule has 5 nitrogen and oxygen atoms in total. The Labute approximate surface area is 128 Å². The molecule has 0 spiro atoms. The summed E-state index contributed by atoms with van der Waals surface area (Å²) in [6, 6.07) is 13.3. The zero-order valence-corrected chi connectivity index (χ0v) is 12.0. The number of nitrogens with zero attached hydrogens (tertiary/aromatic N) is 1. The second kappa shape index (κ2) is 5.36. The van der Waals surface area contributed by atoms with Gasteiger partial charge in [0.1, 0.15) is 6.04 Å². The van der Waals surface area contributed by atoms with E-state index in [1.807, 2.05) is 36.4 Å². The molecule has 2 aromatic rings. The van der Waals surface area contributed by atoms with Crippen molar-refractivity contribution in [1.29, 1.82) is 0 Å². The van der Waals surface area contributed by atoms with E-state index in [9.17, 15) is 10.1 Å². The predicted molar refractivity (Wildman–Crippen MR) is 86.8 cm³/mol. The molecule has 2 aromatic carbocycles. The molecule has 4 N–H and O–H groups in total. The van der Waals surface area contributed by atoms with Crippen LogP contribution in [-0.2, 0) is 6.42 Å². The standard InChI is InChI=1S/C17H17N3O2/c18-16-15(20(21)22)6-3-9-17(16,19)11-12-7-8-13-4-1-2-5-14(13)10-12/h1-10,16H,11,18-19H2. The van der Waals surface area contributed by atoms with Gasteiger partial charge in [-0.3, -0.25) is 10.1 Å². The predicted octanol–water partition coefficient (Wildman–Crippen LogP) is 2.14. The van der Waals surface area contributed by atoms with Crippen LogP contribution in [0.1, 0.15) is 5.56 Å². The average Bonchev–Trinajstić information content (AvgIpc) is 2.50. The Bertz CT molecular complexity index is 797. The monoisotopic (exact) mass is 295 g/mol. The molecular weight excluding hydrogens is 278 g/mol. The second-order valence-corrected chi connectivity index (χ2v) is 5.66. The lowest BCUT2D eigenvalue weighted by atomic mass is 9.80. The van der Waals surface area contributed by atoms with Gasteiger partial charge in [-0.25, -0.2) is 0 Å². The van der Waals surface area contributed by atoms with Crippen LogP contribution in [0.15, 0.2) is 66.4 Å². The summed E-state index contributed by atoms with van der Waals surface area (Å²) in [5, 5.41) is 13.3. The molecule has 0 radical (unpaired) electrons. The molecular formula is C17H17N3O2. The molecule has 0 fully saturated rings. The van der Waals surface area contributed by atoms with Crippen molar-refractivity contribution in [2.75, 3.05) is 0 Å². The molecule has 22 heavy (non-hydrogen) atoms. The van der Waals surface area contributed by atoms with E-state index < -0.39 is 16.5 Å². The minimum atomic E-state index is -0.959. The summed E-state index contributed by atoms with van der Waals surface area (Å²) < 4.78 is 0. The highest BCUT2D eigenvalue weighted by molar-refractivity contribution is 5.83. The van der Waals surface area contributed by atoms with Gasteiger partial charge in [0.05, 0.1) is 10.5 Å². The largest absolute Gasteiger partial charge is 0.320 e. The summed E-state index contributed by atoms with van der Waals surface area (Å²) in [5.74, 6) is 0. The molecule has 1 aliphatic rings. The third kappa shape index (κ3) is 2.52. The summed E-state index contributed by atoms with van der Waals surface area (Å²) >= 11 is 0. The zero-order chi connectivity index (χ0) is 15.7. The molecule has 0 saturated carbocycles. The van der Waals surface area contributed by atoms with E-state index in [1.165, 1.54) is 6.08 Å². The van der Waals surface area contributed by atoms with Crippen molar-refractivity contribution < 1.29 is 4.92 Å². The minimum absolute atomic E-state index is 0.0502. The van der Waals surface area contributed by atoms with E-state index in [2.05, 4.69) is 6.07 Å². The minimum Gasteiger partial charge on any atom is -0.320 e. The van der Waals surface area contributed by atoms with Crippen LogP contribution < -0.4 is 11.5 Å². The van der Waals surface area contributed by atoms with Crippen LogP contribution in [0.4, 0.5) is 0 Å². The van der Waals surface area contributed by atoms with E-state index >= 15 is 0 Å². The Kier molecular flexibility index (Phi) is 3.52. The fraction of sp³-hybridized carbons (Fsp3) is 0.176. The molecule has 1 aliphatic carbocycles. The summed E-state index contributed by atoms with van der Waals surface area (Å²) in [4.78, 5) is 10.6. The Morgan fingerprint density at radius 2 is 1.91 bits per heavy atom. The van der Waals surface area contributed by atoms with E-state index in [-0.39, 0.29) is 5.70 Å². The molecule has 112 valence electrons. The summed E-state index contributed by atoms with van der Waals surface area (Å²) in [7, 11) is 0. The maximum atomic E-state index is 11.0. The molecule has 0 bridgehead atoms. The molecule has 2 atom stereocenters. The van der Waals surface area contributed by atoms with E-state index in [1.54, 1.807) is 12.2 Å². The van der Waals surface area contributed by atoms with Gasteiger partial charge in [0.15, 0.2) is 0 Å². The Morgan fingerprint density at radius 1 is 1.18 bits per heavy atom. The Hall–Kier alpha value is -2.50. The number of benzene rings is 2. The topological polar surface area (TPSA) is 95.2 Å². The smallest absolute Gasteiger partial charge is 0.265 e. The maximum absolute atomic E-state index is 11.0. The van der Waals surface area contributed by atoms with Crippen LogP contribution in [0, 0.1) is 10.1 Å². The highest BCUT2D eigenvalue weighted by Gasteiger charge is 2.40. The lowest BCUT2D eigenvalue weighted by Gasteiger charge is -2.32. The molecule has 0 amide bonds.